The highest BCUT2D eigenvalue weighted by atomic mass is 16.2. The first-order valence-electron chi connectivity index (χ1n) is 6.75. The van der Waals surface area contributed by atoms with Gasteiger partial charge in [0, 0.05) is 25.0 Å². The number of likely N-dealkylation sites (N-methyl/N-ethyl adjacent to an activating group) is 1. The molecule has 1 unspecified atom stereocenters. The van der Waals surface area contributed by atoms with Gasteiger partial charge in [-0.2, -0.15) is 0 Å². The van der Waals surface area contributed by atoms with Crippen LogP contribution in [0.3, 0.4) is 0 Å². The van der Waals surface area contributed by atoms with Crippen LogP contribution in [0.1, 0.15) is 46.5 Å². The van der Waals surface area contributed by atoms with Gasteiger partial charge in [-0.3, -0.25) is 4.79 Å². The first-order chi connectivity index (χ1) is 7.72. The summed E-state index contributed by atoms with van der Waals surface area (Å²) in [6, 6.07) is 0.526. The molecule has 0 aromatic carbocycles. The molecule has 1 fully saturated rings. The fourth-order valence-electron chi connectivity index (χ4n) is 2.45. The molecule has 0 saturated carbocycles. The van der Waals surface area contributed by atoms with Gasteiger partial charge >= 0.3 is 0 Å². The molecule has 3 nitrogen and oxygen atoms in total. The van der Waals surface area contributed by atoms with Gasteiger partial charge in [0.2, 0.25) is 5.91 Å². The molecule has 1 aliphatic heterocycles. The summed E-state index contributed by atoms with van der Waals surface area (Å²) in [4.78, 5) is 14.3. The summed E-state index contributed by atoms with van der Waals surface area (Å²) in [5.41, 5.74) is 0. The van der Waals surface area contributed by atoms with Crippen LogP contribution < -0.4 is 5.32 Å². The third-order valence-electron chi connectivity index (χ3n) is 3.63. The van der Waals surface area contributed by atoms with E-state index in [0.717, 1.165) is 32.5 Å². The molecular weight excluding hydrogens is 200 g/mol. The molecule has 94 valence electrons. The van der Waals surface area contributed by atoms with E-state index in [1.165, 1.54) is 12.8 Å². The van der Waals surface area contributed by atoms with Gasteiger partial charge in [0.15, 0.2) is 0 Å². The van der Waals surface area contributed by atoms with E-state index in [2.05, 4.69) is 26.1 Å². The Labute approximate surface area is 99.6 Å². The molecule has 1 amide bonds. The van der Waals surface area contributed by atoms with E-state index in [0.29, 0.717) is 11.9 Å². The Bertz CT molecular complexity index is 208. The summed E-state index contributed by atoms with van der Waals surface area (Å²) in [5.74, 6) is 0.572. The van der Waals surface area contributed by atoms with E-state index in [1.807, 2.05) is 4.90 Å². The smallest absolute Gasteiger partial charge is 0.225 e. The van der Waals surface area contributed by atoms with E-state index in [9.17, 15) is 4.79 Å². The molecule has 3 heteroatoms. The van der Waals surface area contributed by atoms with E-state index in [4.69, 9.17) is 0 Å². The van der Waals surface area contributed by atoms with Gasteiger partial charge in [-0.15, -0.1) is 0 Å². The van der Waals surface area contributed by atoms with Gasteiger partial charge in [0.1, 0.15) is 0 Å². The second kappa shape index (κ2) is 6.89. The van der Waals surface area contributed by atoms with Crippen molar-refractivity contribution in [1.82, 2.24) is 10.2 Å². The SMILES string of the molecule is CCC(CC)C(=O)N(CC)CC1CCCN1. The molecular formula is C13H26N2O. The van der Waals surface area contributed by atoms with Gasteiger partial charge in [-0.25, -0.2) is 0 Å². The molecule has 0 aliphatic carbocycles. The average Bonchev–Trinajstić information content (AvgIpc) is 2.80. The second-order valence-corrected chi connectivity index (χ2v) is 4.68. The van der Waals surface area contributed by atoms with Crippen LogP contribution >= 0.6 is 0 Å². The highest BCUT2D eigenvalue weighted by molar-refractivity contribution is 5.78. The van der Waals surface area contributed by atoms with Crippen LogP contribution in [0, 0.1) is 5.92 Å². The summed E-state index contributed by atoms with van der Waals surface area (Å²) in [6.07, 6.45) is 4.39. The van der Waals surface area contributed by atoms with Crippen molar-refractivity contribution in [3.05, 3.63) is 0 Å². The Balaban J connectivity index is 2.48. The van der Waals surface area contributed by atoms with Crippen molar-refractivity contribution in [3.63, 3.8) is 0 Å². The molecule has 1 heterocycles. The number of rotatable bonds is 6. The van der Waals surface area contributed by atoms with Crippen molar-refractivity contribution in [1.29, 1.82) is 0 Å². The van der Waals surface area contributed by atoms with Crippen LogP contribution in [-0.2, 0) is 4.79 Å². The maximum Gasteiger partial charge on any atom is 0.225 e. The van der Waals surface area contributed by atoms with E-state index < -0.39 is 0 Å². The molecule has 0 bridgehead atoms. The quantitative estimate of drug-likeness (QED) is 0.751. The Kier molecular flexibility index (Phi) is 5.81. The number of carbonyl (C=O) groups is 1. The molecule has 1 rings (SSSR count). The Morgan fingerprint density at radius 2 is 2.06 bits per heavy atom. The number of nitrogens with one attached hydrogen (secondary N) is 1. The largest absolute Gasteiger partial charge is 0.341 e. The zero-order valence-electron chi connectivity index (χ0n) is 11.0. The summed E-state index contributed by atoms with van der Waals surface area (Å²) in [6.45, 7) is 9.14. The topological polar surface area (TPSA) is 32.3 Å². The molecule has 1 atom stereocenters. The first-order valence-corrected chi connectivity index (χ1v) is 6.75. The molecule has 1 saturated heterocycles. The third-order valence-corrected chi connectivity index (χ3v) is 3.63. The molecule has 0 spiro atoms. The summed E-state index contributed by atoms with van der Waals surface area (Å²) in [7, 11) is 0. The third kappa shape index (κ3) is 3.48. The zero-order chi connectivity index (χ0) is 12.0. The van der Waals surface area contributed by atoms with Crippen LogP contribution in [0.25, 0.3) is 0 Å². The lowest BCUT2D eigenvalue weighted by molar-refractivity contribution is -0.135. The van der Waals surface area contributed by atoms with Crippen molar-refractivity contribution < 1.29 is 4.79 Å². The number of hydrogen-bond acceptors (Lipinski definition) is 2. The maximum atomic E-state index is 12.2. The van der Waals surface area contributed by atoms with Crippen molar-refractivity contribution in [2.75, 3.05) is 19.6 Å². The predicted molar refractivity (Wildman–Crippen MR) is 67.4 cm³/mol. The van der Waals surface area contributed by atoms with E-state index in [1.54, 1.807) is 0 Å². The van der Waals surface area contributed by atoms with Gasteiger partial charge in [0.05, 0.1) is 0 Å². The van der Waals surface area contributed by atoms with Crippen LogP contribution in [0.5, 0.6) is 0 Å². The Morgan fingerprint density at radius 3 is 2.50 bits per heavy atom. The monoisotopic (exact) mass is 226 g/mol. The first kappa shape index (κ1) is 13.5. The van der Waals surface area contributed by atoms with Crippen molar-refractivity contribution in [3.8, 4) is 0 Å². The van der Waals surface area contributed by atoms with Crippen molar-refractivity contribution in [2.45, 2.75) is 52.5 Å². The highest BCUT2D eigenvalue weighted by Crippen LogP contribution is 2.14. The maximum absolute atomic E-state index is 12.2. The van der Waals surface area contributed by atoms with Crippen molar-refractivity contribution >= 4 is 5.91 Å². The minimum atomic E-state index is 0.223. The molecule has 0 radical (unpaired) electrons. The van der Waals surface area contributed by atoms with Crippen LogP contribution in [0.15, 0.2) is 0 Å². The average molecular weight is 226 g/mol. The molecule has 0 aromatic rings. The number of hydrogen-bond donors (Lipinski definition) is 1. The van der Waals surface area contributed by atoms with Gasteiger partial charge in [-0.05, 0) is 39.2 Å². The fourth-order valence-corrected chi connectivity index (χ4v) is 2.45. The molecule has 1 aliphatic rings. The fraction of sp³-hybridized carbons (Fsp3) is 0.923. The van der Waals surface area contributed by atoms with Crippen LogP contribution in [0.2, 0.25) is 0 Å². The molecule has 1 N–H and O–H groups in total. The predicted octanol–water partition coefficient (Wildman–Crippen LogP) is 2.02. The Morgan fingerprint density at radius 1 is 1.38 bits per heavy atom. The highest BCUT2D eigenvalue weighted by Gasteiger charge is 2.24. The van der Waals surface area contributed by atoms with Gasteiger partial charge in [-0.1, -0.05) is 13.8 Å². The minimum Gasteiger partial charge on any atom is -0.341 e. The zero-order valence-corrected chi connectivity index (χ0v) is 11.0. The van der Waals surface area contributed by atoms with Gasteiger partial charge < -0.3 is 10.2 Å². The second-order valence-electron chi connectivity index (χ2n) is 4.68. The number of nitrogens with zero attached hydrogens (tertiary/aromatic N) is 1. The number of carbonyl (C=O) groups excluding carboxylic acids is 1. The lowest BCUT2D eigenvalue weighted by Gasteiger charge is -2.27. The Hall–Kier alpha value is -0.570. The van der Waals surface area contributed by atoms with Crippen molar-refractivity contribution in [2.24, 2.45) is 5.92 Å². The summed E-state index contributed by atoms with van der Waals surface area (Å²) < 4.78 is 0. The standard InChI is InChI=1S/C13H26N2O/c1-4-11(5-2)13(16)15(6-3)10-12-8-7-9-14-12/h11-12,14H,4-10H2,1-3H3. The number of amides is 1. The summed E-state index contributed by atoms with van der Waals surface area (Å²) >= 11 is 0. The molecule has 16 heavy (non-hydrogen) atoms. The van der Waals surface area contributed by atoms with Gasteiger partial charge in [0.25, 0.3) is 0 Å². The minimum absolute atomic E-state index is 0.223. The normalized spacial score (nSPS) is 20.4. The lowest BCUT2D eigenvalue weighted by atomic mass is 10.0. The summed E-state index contributed by atoms with van der Waals surface area (Å²) in [5, 5.41) is 3.46. The van der Waals surface area contributed by atoms with Crippen LogP contribution in [0.4, 0.5) is 0 Å². The van der Waals surface area contributed by atoms with Crippen LogP contribution in [-0.4, -0.2) is 36.5 Å². The lowest BCUT2D eigenvalue weighted by Crippen LogP contribution is -2.43. The molecule has 0 aromatic heterocycles. The van der Waals surface area contributed by atoms with E-state index >= 15 is 0 Å². The van der Waals surface area contributed by atoms with E-state index in [-0.39, 0.29) is 5.92 Å².